The average Bonchev–Trinajstić information content (AvgIpc) is 2.65. The van der Waals surface area contributed by atoms with Crippen molar-refractivity contribution in [3.05, 3.63) is 0 Å². The van der Waals surface area contributed by atoms with Gasteiger partial charge in [-0.1, -0.05) is 0 Å². The number of hydrogen-bond acceptors (Lipinski definition) is 3. The van der Waals surface area contributed by atoms with Crippen LogP contribution >= 0.6 is 0 Å². The van der Waals surface area contributed by atoms with Crippen LogP contribution < -0.4 is 0 Å². The van der Waals surface area contributed by atoms with Gasteiger partial charge in [0.25, 0.3) is 0 Å². The normalized spacial score (nSPS) is 26.4. The van der Waals surface area contributed by atoms with Crippen LogP contribution in [0.1, 0.15) is 25.7 Å². The third-order valence-electron chi connectivity index (χ3n) is 2.99. The fourth-order valence-electron chi connectivity index (χ4n) is 2.20. The molecule has 1 heterocycles. The van der Waals surface area contributed by atoms with Crippen LogP contribution in [-0.2, 0) is 14.2 Å². The van der Waals surface area contributed by atoms with Gasteiger partial charge in [0.1, 0.15) is 6.61 Å². The zero-order valence-electron chi connectivity index (χ0n) is 8.89. The van der Waals surface area contributed by atoms with Gasteiger partial charge in [-0.15, -0.1) is 0 Å². The Kier molecular flexibility index (Phi) is 3.42. The number of rotatable bonds is 2. The van der Waals surface area contributed by atoms with Crippen LogP contribution in [0.5, 0.6) is 0 Å². The molecular formula is C10H15F3O3. The van der Waals surface area contributed by atoms with Gasteiger partial charge in [0, 0.05) is 12.8 Å². The van der Waals surface area contributed by atoms with E-state index in [2.05, 4.69) is 0 Å². The van der Waals surface area contributed by atoms with E-state index in [9.17, 15) is 13.2 Å². The number of halogens is 3. The highest BCUT2D eigenvalue weighted by Gasteiger charge is 2.41. The third-order valence-corrected chi connectivity index (χ3v) is 2.99. The summed E-state index contributed by atoms with van der Waals surface area (Å²) in [5, 5.41) is 0. The minimum absolute atomic E-state index is 0.319. The van der Waals surface area contributed by atoms with Crippen molar-refractivity contribution in [3.63, 3.8) is 0 Å². The Morgan fingerprint density at radius 1 is 1.12 bits per heavy atom. The molecule has 6 heteroatoms. The second-order valence-electron chi connectivity index (χ2n) is 4.23. The second kappa shape index (κ2) is 4.50. The van der Waals surface area contributed by atoms with Crippen molar-refractivity contribution in [2.24, 2.45) is 0 Å². The lowest BCUT2D eigenvalue weighted by Gasteiger charge is -2.35. The summed E-state index contributed by atoms with van der Waals surface area (Å²) >= 11 is 0. The highest BCUT2D eigenvalue weighted by Crippen LogP contribution is 2.37. The maximum absolute atomic E-state index is 11.9. The van der Waals surface area contributed by atoms with E-state index in [1.54, 1.807) is 0 Å². The fraction of sp³-hybridized carbons (Fsp3) is 1.00. The molecule has 0 aromatic heterocycles. The van der Waals surface area contributed by atoms with Crippen LogP contribution in [0.4, 0.5) is 13.2 Å². The summed E-state index contributed by atoms with van der Waals surface area (Å²) in [6.07, 6.45) is -2.19. The predicted molar refractivity (Wildman–Crippen MR) is 48.9 cm³/mol. The maximum Gasteiger partial charge on any atom is 0.411 e. The Hall–Kier alpha value is -0.330. The second-order valence-corrected chi connectivity index (χ2v) is 4.23. The first-order valence-corrected chi connectivity index (χ1v) is 5.45. The zero-order chi connectivity index (χ0) is 11.6. The van der Waals surface area contributed by atoms with Gasteiger partial charge in [0.15, 0.2) is 5.79 Å². The van der Waals surface area contributed by atoms with Crippen LogP contribution in [0.15, 0.2) is 0 Å². The van der Waals surface area contributed by atoms with Crippen molar-refractivity contribution < 1.29 is 27.4 Å². The molecule has 1 aliphatic carbocycles. The van der Waals surface area contributed by atoms with Crippen LogP contribution in [0.3, 0.4) is 0 Å². The van der Waals surface area contributed by atoms with Crippen LogP contribution in [-0.4, -0.2) is 37.9 Å². The quantitative estimate of drug-likeness (QED) is 0.741. The molecule has 0 unspecified atom stereocenters. The minimum atomic E-state index is -4.24. The van der Waals surface area contributed by atoms with Gasteiger partial charge in [-0.3, -0.25) is 0 Å². The number of alkyl halides is 3. The number of ether oxygens (including phenoxy) is 3. The summed E-state index contributed by atoms with van der Waals surface area (Å²) in [4.78, 5) is 0. The van der Waals surface area contributed by atoms with Crippen molar-refractivity contribution in [1.82, 2.24) is 0 Å². The van der Waals surface area contributed by atoms with Crippen molar-refractivity contribution in [1.29, 1.82) is 0 Å². The van der Waals surface area contributed by atoms with E-state index >= 15 is 0 Å². The molecule has 2 aliphatic rings. The summed E-state index contributed by atoms with van der Waals surface area (Å²) in [5.41, 5.74) is 0. The van der Waals surface area contributed by atoms with Crippen molar-refractivity contribution in [3.8, 4) is 0 Å². The Balaban J connectivity index is 1.73. The molecule has 0 aromatic carbocycles. The molecule has 0 bridgehead atoms. The number of hydrogen-bond donors (Lipinski definition) is 0. The first-order chi connectivity index (χ1) is 7.49. The largest absolute Gasteiger partial charge is 0.411 e. The third kappa shape index (κ3) is 3.09. The first kappa shape index (κ1) is 12.1. The summed E-state index contributed by atoms with van der Waals surface area (Å²) in [7, 11) is 0. The lowest BCUT2D eigenvalue weighted by molar-refractivity contribution is -0.214. The molecule has 3 nitrogen and oxygen atoms in total. The molecule has 1 aliphatic heterocycles. The smallest absolute Gasteiger partial charge is 0.369 e. The summed E-state index contributed by atoms with van der Waals surface area (Å²) < 4.78 is 51.6. The minimum Gasteiger partial charge on any atom is -0.369 e. The molecule has 0 amide bonds. The van der Waals surface area contributed by atoms with Crippen LogP contribution in [0.25, 0.3) is 0 Å². The molecule has 1 saturated heterocycles. The van der Waals surface area contributed by atoms with Crippen molar-refractivity contribution >= 4 is 0 Å². The van der Waals surface area contributed by atoms with Gasteiger partial charge in [0.2, 0.25) is 0 Å². The molecule has 1 saturated carbocycles. The molecule has 0 aromatic rings. The SMILES string of the molecule is FC(F)(F)COC1CCC2(CC1)OCCO2. The standard InChI is InChI=1S/C10H15F3O3/c11-10(12,13)7-14-8-1-3-9(4-2-8)15-5-6-16-9/h8H,1-7H2. The van der Waals surface area contributed by atoms with Gasteiger partial charge in [-0.05, 0) is 12.8 Å². The van der Waals surface area contributed by atoms with Gasteiger partial charge in [-0.25, -0.2) is 0 Å². The summed E-state index contributed by atoms with van der Waals surface area (Å²) in [6, 6.07) is 0. The highest BCUT2D eigenvalue weighted by molar-refractivity contribution is 4.82. The molecule has 0 atom stereocenters. The molecule has 16 heavy (non-hydrogen) atoms. The molecule has 0 radical (unpaired) electrons. The Morgan fingerprint density at radius 2 is 1.69 bits per heavy atom. The van der Waals surface area contributed by atoms with E-state index in [0.717, 1.165) is 0 Å². The average molecular weight is 240 g/mol. The molecular weight excluding hydrogens is 225 g/mol. The molecule has 2 fully saturated rings. The lowest BCUT2D eigenvalue weighted by atomic mass is 9.92. The Bertz CT molecular complexity index is 226. The van der Waals surface area contributed by atoms with Gasteiger partial charge in [0.05, 0.1) is 19.3 Å². The lowest BCUT2D eigenvalue weighted by Crippen LogP contribution is -2.38. The van der Waals surface area contributed by atoms with E-state index in [1.165, 1.54) is 0 Å². The molecule has 1 spiro atoms. The predicted octanol–water partition coefficient (Wildman–Crippen LogP) is 2.25. The summed E-state index contributed by atoms with van der Waals surface area (Å²) in [5.74, 6) is -0.530. The summed E-state index contributed by atoms with van der Waals surface area (Å²) in [6.45, 7) is -0.00543. The van der Waals surface area contributed by atoms with Crippen molar-refractivity contribution in [2.45, 2.75) is 43.8 Å². The van der Waals surface area contributed by atoms with E-state index in [0.29, 0.717) is 38.9 Å². The van der Waals surface area contributed by atoms with Crippen molar-refractivity contribution in [2.75, 3.05) is 19.8 Å². The Labute approximate surface area is 91.8 Å². The van der Waals surface area contributed by atoms with Crippen LogP contribution in [0, 0.1) is 0 Å². The fourth-order valence-corrected chi connectivity index (χ4v) is 2.20. The molecule has 0 N–H and O–H groups in total. The highest BCUT2D eigenvalue weighted by atomic mass is 19.4. The van der Waals surface area contributed by atoms with E-state index < -0.39 is 18.6 Å². The van der Waals surface area contributed by atoms with E-state index in [4.69, 9.17) is 14.2 Å². The van der Waals surface area contributed by atoms with Gasteiger partial charge >= 0.3 is 6.18 Å². The van der Waals surface area contributed by atoms with Gasteiger partial charge < -0.3 is 14.2 Å². The van der Waals surface area contributed by atoms with Gasteiger partial charge in [-0.2, -0.15) is 13.2 Å². The van der Waals surface area contributed by atoms with Crippen LogP contribution in [0.2, 0.25) is 0 Å². The zero-order valence-corrected chi connectivity index (χ0v) is 8.89. The molecule has 94 valence electrons. The maximum atomic E-state index is 11.9. The van der Waals surface area contributed by atoms with E-state index in [1.807, 2.05) is 0 Å². The Morgan fingerprint density at radius 3 is 2.19 bits per heavy atom. The topological polar surface area (TPSA) is 27.7 Å². The van der Waals surface area contributed by atoms with E-state index in [-0.39, 0.29) is 6.10 Å². The molecule has 2 rings (SSSR count). The monoisotopic (exact) mass is 240 g/mol. The first-order valence-electron chi connectivity index (χ1n) is 5.45.